The van der Waals surface area contributed by atoms with Crippen LogP contribution in [0.25, 0.3) is 0 Å². The van der Waals surface area contributed by atoms with Gasteiger partial charge in [-0.3, -0.25) is 9.69 Å². The van der Waals surface area contributed by atoms with Gasteiger partial charge in [0.2, 0.25) is 0 Å². The minimum Gasteiger partial charge on any atom is -0.493 e. The number of rotatable bonds is 9. The molecule has 0 bridgehead atoms. The van der Waals surface area contributed by atoms with E-state index >= 15 is 0 Å². The fraction of sp³-hybridized carbons (Fsp3) is 0.357. The number of nitrogens with one attached hydrogen (secondary N) is 2. The zero-order valence-electron chi connectivity index (χ0n) is 21.3. The monoisotopic (exact) mass is 535 g/mol. The van der Waals surface area contributed by atoms with Gasteiger partial charge in [0.15, 0.2) is 0 Å². The second kappa shape index (κ2) is 12.3. The summed E-state index contributed by atoms with van der Waals surface area (Å²) in [5.74, 6) is 0.665. The number of hydrogen-bond donors (Lipinski definition) is 3. The molecule has 2 aliphatic rings. The molecule has 0 unspecified atom stereocenters. The van der Waals surface area contributed by atoms with Crippen molar-refractivity contribution in [2.75, 3.05) is 62.4 Å². The molecular weight excluding hydrogens is 502 g/mol. The van der Waals surface area contributed by atoms with Crippen molar-refractivity contribution in [1.29, 1.82) is 0 Å². The lowest BCUT2D eigenvalue weighted by Crippen LogP contribution is -2.40. The number of carbonyl (C=O) groups is 2. The molecule has 5 rings (SSSR count). The lowest BCUT2D eigenvalue weighted by molar-refractivity contribution is 0.0365. The van der Waals surface area contributed by atoms with Gasteiger partial charge in [-0.05, 0) is 47.9 Å². The predicted octanol–water partition coefficient (Wildman–Crippen LogP) is 4.27. The van der Waals surface area contributed by atoms with Crippen molar-refractivity contribution in [3.05, 3.63) is 69.9 Å². The van der Waals surface area contributed by atoms with Gasteiger partial charge in [0, 0.05) is 61.2 Å². The summed E-state index contributed by atoms with van der Waals surface area (Å²) in [6.45, 7) is 5.98. The second-order valence-corrected chi connectivity index (χ2v) is 10.2. The fourth-order valence-corrected chi connectivity index (χ4v) is 5.29. The fourth-order valence-electron chi connectivity index (χ4n) is 4.61. The van der Waals surface area contributed by atoms with Crippen molar-refractivity contribution in [1.82, 2.24) is 9.80 Å². The zero-order chi connectivity index (χ0) is 26.3. The summed E-state index contributed by atoms with van der Waals surface area (Å²) in [5.41, 5.74) is 10.4. The van der Waals surface area contributed by atoms with Crippen molar-refractivity contribution in [3.8, 4) is 5.75 Å². The molecule has 0 atom stereocenters. The van der Waals surface area contributed by atoms with Gasteiger partial charge in [0.1, 0.15) is 5.75 Å². The van der Waals surface area contributed by atoms with Crippen LogP contribution in [-0.2, 0) is 17.7 Å². The summed E-state index contributed by atoms with van der Waals surface area (Å²) in [6.07, 6.45) is 1.70. The number of morpholine rings is 1. The van der Waals surface area contributed by atoms with Crippen LogP contribution in [0.4, 0.5) is 21.9 Å². The number of amides is 3. The highest BCUT2D eigenvalue weighted by molar-refractivity contribution is 7.09. The molecule has 1 fully saturated rings. The van der Waals surface area contributed by atoms with Crippen molar-refractivity contribution in [2.45, 2.75) is 19.4 Å². The first-order valence-electron chi connectivity index (χ1n) is 12.9. The number of urea groups is 1. The molecule has 9 nitrogen and oxygen atoms in total. The molecule has 3 aromatic rings. The summed E-state index contributed by atoms with van der Waals surface area (Å²) >= 11 is 1.44. The minimum atomic E-state index is -0.220. The molecular formula is C28H33N5O4S. The molecule has 10 heteroatoms. The van der Waals surface area contributed by atoms with E-state index in [0.29, 0.717) is 36.6 Å². The van der Waals surface area contributed by atoms with Gasteiger partial charge in [-0.15, -0.1) is 11.3 Å². The predicted molar refractivity (Wildman–Crippen MR) is 150 cm³/mol. The van der Waals surface area contributed by atoms with E-state index in [4.69, 9.17) is 15.2 Å². The summed E-state index contributed by atoms with van der Waals surface area (Å²) in [5, 5.41) is 9.50. The molecule has 4 N–H and O–H groups in total. The first kappa shape index (κ1) is 26.0. The highest BCUT2D eigenvalue weighted by Crippen LogP contribution is 2.28. The standard InChI is InChI=1S/C28H33N5O4S/c29-24-18-38-19-25(24)31-27(34)21-4-2-20(3-5-21)17-33(10-1-9-32-11-14-36-15-12-32)28(35)30-23-6-7-26-22(16-23)8-13-37-26/h2-7,16,18-19H,1,8-15,17,29H2,(H,30,35)(H,31,34). The molecule has 2 aromatic carbocycles. The number of hydrogen-bond acceptors (Lipinski definition) is 7. The molecule has 200 valence electrons. The van der Waals surface area contributed by atoms with E-state index in [-0.39, 0.29) is 11.9 Å². The van der Waals surface area contributed by atoms with E-state index in [1.807, 2.05) is 40.6 Å². The van der Waals surface area contributed by atoms with Crippen LogP contribution < -0.4 is 21.1 Å². The Morgan fingerprint density at radius 3 is 2.61 bits per heavy atom. The first-order chi connectivity index (χ1) is 18.5. The van der Waals surface area contributed by atoms with Crippen molar-refractivity contribution < 1.29 is 19.1 Å². The molecule has 2 aliphatic heterocycles. The topological polar surface area (TPSA) is 109 Å². The lowest BCUT2D eigenvalue weighted by Gasteiger charge is -2.28. The van der Waals surface area contributed by atoms with E-state index in [9.17, 15) is 9.59 Å². The van der Waals surface area contributed by atoms with Gasteiger partial charge in [-0.1, -0.05) is 12.1 Å². The summed E-state index contributed by atoms with van der Waals surface area (Å²) in [7, 11) is 0. The number of nitrogen functional groups attached to an aromatic ring is 1. The lowest BCUT2D eigenvalue weighted by atomic mass is 10.1. The normalized spacial score (nSPS) is 14.9. The van der Waals surface area contributed by atoms with Crippen molar-refractivity contribution in [2.24, 2.45) is 0 Å². The van der Waals surface area contributed by atoms with Crippen LogP contribution in [0.5, 0.6) is 5.75 Å². The number of carbonyl (C=O) groups excluding carboxylic acids is 2. The maximum atomic E-state index is 13.4. The van der Waals surface area contributed by atoms with Crippen LogP contribution in [0.3, 0.4) is 0 Å². The summed E-state index contributed by atoms with van der Waals surface area (Å²) in [4.78, 5) is 30.2. The molecule has 0 aliphatic carbocycles. The Bertz CT molecular complexity index is 1260. The van der Waals surface area contributed by atoms with Gasteiger partial charge in [-0.25, -0.2) is 4.79 Å². The third-order valence-electron chi connectivity index (χ3n) is 6.76. The Balaban J connectivity index is 1.23. The first-order valence-corrected chi connectivity index (χ1v) is 13.8. The van der Waals surface area contributed by atoms with E-state index in [2.05, 4.69) is 15.5 Å². The third-order valence-corrected chi connectivity index (χ3v) is 7.53. The molecule has 0 radical (unpaired) electrons. The molecule has 0 spiro atoms. The summed E-state index contributed by atoms with van der Waals surface area (Å²) in [6, 6.07) is 13.0. The number of benzene rings is 2. The Kier molecular flexibility index (Phi) is 8.42. The zero-order valence-corrected chi connectivity index (χ0v) is 22.1. The minimum absolute atomic E-state index is 0.152. The van der Waals surface area contributed by atoms with Gasteiger partial charge < -0.3 is 30.7 Å². The molecule has 0 saturated carbocycles. The van der Waals surface area contributed by atoms with Crippen LogP contribution in [-0.4, -0.2) is 67.7 Å². The summed E-state index contributed by atoms with van der Waals surface area (Å²) < 4.78 is 11.0. The highest BCUT2D eigenvalue weighted by Gasteiger charge is 2.18. The van der Waals surface area contributed by atoms with Crippen molar-refractivity contribution in [3.63, 3.8) is 0 Å². The highest BCUT2D eigenvalue weighted by atomic mass is 32.1. The van der Waals surface area contributed by atoms with Gasteiger partial charge in [0.25, 0.3) is 5.91 Å². The van der Waals surface area contributed by atoms with Gasteiger partial charge in [0.05, 0.1) is 31.2 Å². The smallest absolute Gasteiger partial charge is 0.322 e. The Hall–Kier alpha value is -3.60. The van der Waals surface area contributed by atoms with Crippen LogP contribution >= 0.6 is 11.3 Å². The number of ether oxygens (including phenoxy) is 2. The average molecular weight is 536 g/mol. The second-order valence-electron chi connectivity index (χ2n) is 9.47. The van der Waals surface area contributed by atoms with Crippen molar-refractivity contribution >= 4 is 40.3 Å². The van der Waals surface area contributed by atoms with E-state index < -0.39 is 0 Å². The SMILES string of the molecule is Nc1cscc1NC(=O)c1ccc(CN(CCCN2CCOCC2)C(=O)Nc2ccc3c(c2)CCO3)cc1. The van der Waals surface area contributed by atoms with E-state index in [0.717, 1.165) is 68.3 Å². The quantitative estimate of drug-likeness (QED) is 0.378. The average Bonchev–Trinajstić information content (AvgIpc) is 3.57. The number of nitrogens with two attached hydrogens (primary N) is 1. The third kappa shape index (κ3) is 6.63. The van der Waals surface area contributed by atoms with Gasteiger partial charge in [-0.2, -0.15) is 0 Å². The van der Waals surface area contributed by atoms with Gasteiger partial charge >= 0.3 is 6.03 Å². The molecule has 1 saturated heterocycles. The van der Waals surface area contributed by atoms with E-state index in [1.165, 1.54) is 11.3 Å². The molecule has 1 aromatic heterocycles. The Morgan fingerprint density at radius 1 is 1.03 bits per heavy atom. The van der Waals surface area contributed by atoms with Crippen LogP contribution in [0.1, 0.15) is 27.9 Å². The van der Waals surface area contributed by atoms with Crippen LogP contribution in [0.2, 0.25) is 0 Å². The van der Waals surface area contributed by atoms with E-state index in [1.54, 1.807) is 17.5 Å². The molecule has 3 amide bonds. The molecule has 38 heavy (non-hydrogen) atoms. The largest absolute Gasteiger partial charge is 0.493 e. The maximum Gasteiger partial charge on any atom is 0.322 e. The number of fused-ring (bicyclic) bond motifs is 1. The Labute approximate surface area is 226 Å². The molecule has 3 heterocycles. The Morgan fingerprint density at radius 2 is 1.84 bits per heavy atom. The van der Waals surface area contributed by atoms with Crippen LogP contribution in [0.15, 0.2) is 53.2 Å². The number of nitrogens with zero attached hydrogens (tertiary/aromatic N) is 2. The number of thiophene rings is 1. The number of anilines is 3. The van der Waals surface area contributed by atoms with Crippen LogP contribution in [0, 0.1) is 0 Å². The maximum absolute atomic E-state index is 13.4.